The molecule has 1 saturated heterocycles. The van der Waals surface area contributed by atoms with Gasteiger partial charge in [0.05, 0.1) is 11.3 Å². The molecule has 0 unspecified atom stereocenters. The number of imide groups is 1. The molecule has 2 amide bonds. The number of anilines is 1. The number of aryl methyl sites for hydroxylation is 2. The molecule has 2 aromatic rings. The normalized spacial score (nSPS) is 18.4. The second kappa shape index (κ2) is 6.94. The van der Waals surface area contributed by atoms with Gasteiger partial charge >= 0.3 is 5.97 Å². The van der Waals surface area contributed by atoms with Crippen molar-refractivity contribution in [2.24, 2.45) is 0 Å². The lowest BCUT2D eigenvalue weighted by Gasteiger charge is -2.17. The molecule has 7 heteroatoms. The van der Waals surface area contributed by atoms with Gasteiger partial charge in [0.25, 0.3) is 11.8 Å². The van der Waals surface area contributed by atoms with E-state index in [1.165, 1.54) is 0 Å². The summed E-state index contributed by atoms with van der Waals surface area (Å²) in [5, 5.41) is 0. The van der Waals surface area contributed by atoms with Crippen LogP contribution in [0.1, 0.15) is 16.7 Å². The van der Waals surface area contributed by atoms with E-state index in [-0.39, 0.29) is 17.9 Å². The zero-order chi connectivity index (χ0) is 19.8. The Bertz CT molecular complexity index is 993. The number of hydrogen-bond acceptors (Lipinski definition) is 6. The molecule has 7 nitrogen and oxygen atoms in total. The highest BCUT2D eigenvalue weighted by molar-refractivity contribution is 6.32. The van der Waals surface area contributed by atoms with Gasteiger partial charge in [0.1, 0.15) is 18.3 Å². The summed E-state index contributed by atoms with van der Waals surface area (Å²) in [5.41, 5.74) is 8.62. The van der Waals surface area contributed by atoms with E-state index >= 15 is 0 Å². The third kappa shape index (κ3) is 3.05. The lowest BCUT2D eigenvalue weighted by Crippen LogP contribution is -2.42. The summed E-state index contributed by atoms with van der Waals surface area (Å²) in [7, 11) is 0. The minimum absolute atomic E-state index is 0.0221. The fraction of sp³-hybridized carbons (Fsp3) is 0.190. The summed E-state index contributed by atoms with van der Waals surface area (Å²) in [4.78, 5) is 39.4. The van der Waals surface area contributed by atoms with E-state index < -0.39 is 23.8 Å². The molecule has 142 valence electrons. The summed E-state index contributed by atoms with van der Waals surface area (Å²) in [6.45, 7) is 3.87. The van der Waals surface area contributed by atoms with E-state index in [0.717, 1.165) is 21.6 Å². The summed E-state index contributed by atoms with van der Waals surface area (Å²) in [6.07, 6.45) is 0. The molecule has 28 heavy (non-hydrogen) atoms. The average Bonchev–Trinajstić information content (AvgIpc) is 3.20. The van der Waals surface area contributed by atoms with Crippen molar-refractivity contribution in [3.63, 3.8) is 0 Å². The second-order valence-electron chi connectivity index (χ2n) is 6.88. The number of nitrogens with one attached hydrogen (secondary N) is 2. The van der Waals surface area contributed by atoms with Gasteiger partial charge in [-0.3, -0.25) is 9.59 Å². The number of nitrogens with zero attached hydrogens (tertiary/aromatic N) is 1. The van der Waals surface area contributed by atoms with Crippen LogP contribution < -0.4 is 15.8 Å². The molecule has 0 saturated carbocycles. The predicted octanol–water partition coefficient (Wildman–Crippen LogP) is 1.65. The van der Waals surface area contributed by atoms with Crippen LogP contribution in [0, 0.1) is 13.8 Å². The Morgan fingerprint density at radius 2 is 1.75 bits per heavy atom. The Labute approximate surface area is 161 Å². The minimum Gasteiger partial charge on any atom is -0.456 e. The number of ether oxygens (including phenoxy) is 1. The molecular formula is C21H19N3O4. The molecule has 2 aliphatic heterocycles. The monoisotopic (exact) mass is 377 g/mol. The molecule has 2 heterocycles. The number of hydrogen-bond donors (Lipinski definition) is 2. The zero-order valence-electron chi connectivity index (χ0n) is 15.5. The molecule has 0 bridgehead atoms. The Morgan fingerprint density at radius 1 is 1.07 bits per heavy atom. The Kier molecular flexibility index (Phi) is 4.44. The van der Waals surface area contributed by atoms with Crippen molar-refractivity contribution in [3.05, 3.63) is 76.5 Å². The fourth-order valence-corrected chi connectivity index (χ4v) is 3.47. The maximum absolute atomic E-state index is 13.0. The molecule has 0 radical (unpaired) electrons. The van der Waals surface area contributed by atoms with Crippen molar-refractivity contribution < 1.29 is 19.1 Å². The first-order chi connectivity index (χ1) is 13.5. The summed E-state index contributed by atoms with van der Waals surface area (Å²) in [5.74, 6) is -1.63. The highest BCUT2D eigenvalue weighted by Gasteiger charge is 2.50. The van der Waals surface area contributed by atoms with Crippen molar-refractivity contribution in [2.75, 3.05) is 4.90 Å². The number of fused-ring (bicyclic) bond motifs is 1. The molecule has 0 aliphatic carbocycles. The smallest absolute Gasteiger partial charge is 0.356 e. The van der Waals surface area contributed by atoms with Crippen molar-refractivity contribution in [1.29, 1.82) is 0 Å². The van der Waals surface area contributed by atoms with Crippen molar-refractivity contribution in [1.82, 2.24) is 10.9 Å². The highest BCUT2D eigenvalue weighted by Crippen LogP contribution is 2.31. The zero-order valence-corrected chi connectivity index (χ0v) is 15.5. The van der Waals surface area contributed by atoms with E-state index in [2.05, 4.69) is 10.9 Å². The largest absolute Gasteiger partial charge is 0.456 e. The van der Waals surface area contributed by atoms with Crippen LogP contribution in [0.3, 0.4) is 0 Å². The number of hydrazine groups is 1. The van der Waals surface area contributed by atoms with E-state index in [0.29, 0.717) is 5.69 Å². The number of carbonyl (C=O) groups excluding carboxylic acids is 3. The molecule has 0 aromatic heterocycles. The third-order valence-electron chi connectivity index (χ3n) is 4.68. The van der Waals surface area contributed by atoms with Gasteiger partial charge < -0.3 is 10.2 Å². The van der Waals surface area contributed by atoms with Crippen LogP contribution in [-0.2, 0) is 25.7 Å². The van der Waals surface area contributed by atoms with Crippen LogP contribution in [0.5, 0.6) is 0 Å². The highest BCUT2D eigenvalue weighted by atomic mass is 16.5. The number of amides is 2. The first-order valence-corrected chi connectivity index (χ1v) is 8.89. The van der Waals surface area contributed by atoms with E-state index in [9.17, 15) is 14.4 Å². The van der Waals surface area contributed by atoms with E-state index in [4.69, 9.17) is 4.74 Å². The van der Waals surface area contributed by atoms with Gasteiger partial charge in [-0.1, -0.05) is 36.4 Å². The predicted molar refractivity (Wildman–Crippen MR) is 102 cm³/mol. The Balaban J connectivity index is 1.60. The molecule has 0 spiro atoms. The number of rotatable bonds is 4. The van der Waals surface area contributed by atoms with Crippen LogP contribution >= 0.6 is 0 Å². The van der Waals surface area contributed by atoms with Gasteiger partial charge in [-0.25, -0.2) is 15.1 Å². The van der Waals surface area contributed by atoms with Gasteiger partial charge in [-0.05, 0) is 42.7 Å². The first-order valence-electron chi connectivity index (χ1n) is 8.89. The number of esters is 1. The third-order valence-corrected chi connectivity index (χ3v) is 4.68. The van der Waals surface area contributed by atoms with Gasteiger partial charge in [0.2, 0.25) is 0 Å². The van der Waals surface area contributed by atoms with Crippen molar-refractivity contribution >= 4 is 23.5 Å². The molecule has 2 N–H and O–H groups in total. The first kappa shape index (κ1) is 17.9. The molecular weight excluding hydrogens is 358 g/mol. The van der Waals surface area contributed by atoms with Crippen LogP contribution in [0.4, 0.5) is 5.69 Å². The molecule has 2 aliphatic rings. The SMILES string of the molecule is Cc1cc(C)cc(N2C(=O)C3=C(C(=O)OCc4ccccc4)NN[C@@H]3C2=O)c1. The maximum Gasteiger partial charge on any atom is 0.356 e. The summed E-state index contributed by atoms with van der Waals surface area (Å²) < 4.78 is 5.30. The minimum atomic E-state index is -0.910. The van der Waals surface area contributed by atoms with Crippen molar-refractivity contribution in [3.8, 4) is 0 Å². The van der Waals surface area contributed by atoms with Crippen LogP contribution in [0.25, 0.3) is 0 Å². The molecule has 1 atom stereocenters. The molecule has 1 fully saturated rings. The van der Waals surface area contributed by atoms with E-state index in [1.54, 1.807) is 12.1 Å². The van der Waals surface area contributed by atoms with Crippen LogP contribution in [0.15, 0.2) is 59.8 Å². The fourth-order valence-electron chi connectivity index (χ4n) is 3.47. The van der Waals surface area contributed by atoms with Gasteiger partial charge in [0.15, 0.2) is 0 Å². The van der Waals surface area contributed by atoms with Crippen LogP contribution in [0.2, 0.25) is 0 Å². The topological polar surface area (TPSA) is 87.7 Å². The average molecular weight is 377 g/mol. The maximum atomic E-state index is 13.0. The van der Waals surface area contributed by atoms with E-state index in [1.807, 2.05) is 50.2 Å². The second-order valence-corrected chi connectivity index (χ2v) is 6.88. The van der Waals surface area contributed by atoms with Gasteiger partial charge in [0, 0.05) is 0 Å². The lowest BCUT2D eigenvalue weighted by atomic mass is 10.1. The Morgan fingerprint density at radius 3 is 2.43 bits per heavy atom. The Hall–Kier alpha value is -3.45. The number of benzene rings is 2. The number of carbonyl (C=O) groups is 3. The van der Waals surface area contributed by atoms with Crippen LogP contribution in [-0.4, -0.2) is 23.8 Å². The van der Waals surface area contributed by atoms with Gasteiger partial charge in [-0.15, -0.1) is 0 Å². The lowest BCUT2D eigenvalue weighted by molar-refractivity contribution is -0.141. The summed E-state index contributed by atoms with van der Waals surface area (Å²) in [6, 6.07) is 13.8. The van der Waals surface area contributed by atoms with Crippen molar-refractivity contribution in [2.45, 2.75) is 26.5 Å². The summed E-state index contributed by atoms with van der Waals surface area (Å²) >= 11 is 0. The quantitative estimate of drug-likeness (QED) is 0.622. The molecule has 2 aromatic carbocycles. The standard InChI is InChI=1S/C21H19N3O4/c1-12-8-13(2)10-15(9-12)24-19(25)16-17(20(24)26)22-23-18(16)21(27)28-11-14-6-4-3-5-7-14/h3-10,17,22-23H,11H2,1-2H3/t17-/m0/s1. The van der Waals surface area contributed by atoms with Gasteiger partial charge in [-0.2, -0.15) is 0 Å². The molecule has 4 rings (SSSR count).